The molecule has 1 aliphatic rings. The van der Waals surface area contributed by atoms with Crippen LogP contribution in [0.4, 0.5) is 11.4 Å². The molecule has 0 aromatic heterocycles. The van der Waals surface area contributed by atoms with Crippen LogP contribution in [0.15, 0.2) is 58.3 Å². The summed E-state index contributed by atoms with van der Waals surface area (Å²) in [4.78, 5) is 1.94. The van der Waals surface area contributed by atoms with Crippen LogP contribution >= 0.6 is 0 Å². The maximum Gasteiger partial charge on any atom is 0.261 e. The molecule has 0 bridgehead atoms. The van der Waals surface area contributed by atoms with Gasteiger partial charge in [0.1, 0.15) is 0 Å². The molecule has 0 radical (unpaired) electrons. The molecule has 0 saturated carbocycles. The van der Waals surface area contributed by atoms with E-state index in [2.05, 4.69) is 4.72 Å². The number of sulfonamides is 2. The van der Waals surface area contributed by atoms with Crippen LogP contribution in [0.5, 0.6) is 0 Å². The third-order valence-electron chi connectivity index (χ3n) is 5.32. The zero-order chi connectivity index (χ0) is 22.1. The Bertz CT molecular complexity index is 1100. The van der Waals surface area contributed by atoms with Gasteiger partial charge in [0.2, 0.25) is 10.0 Å². The molecule has 2 N–H and O–H groups in total. The molecule has 1 saturated heterocycles. The van der Waals surface area contributed by atoms with Gasteiger partial charge in [-0.2, -0.15) is 0 Å². The SMILES string of the molecule is C[C@@H]1CCN(c2ccccc2NS(=O)(=O)c2ccc(S(=O)(=O)N(C)C)cc2)C[C@H]1O. The predicted octanol–water partition coefficient (Wildman–Crippen LogP) is 1.94. The molecule has 1 aliphatic heterocycles. The summed E-state index contributed by atoms with van der Waals surface area (Å²) in [6, 6.07) is 12.1. The second-order valence-electron chi connectivity index (χ2n) is 7.66. The topological polar surface area (TPSA) is 107 Å². The van der Waals surface area contributed by atoms with Gasteiger partial charge >= 0.3 is 0 Å². The van der Waals surface area contributed by atoms with E-state index in [1.54, 1.807) is 12.1 Å². The number of hydrogen-bond acceptors (Lipinski definition) is 6. The molecular formula is C20H27N3O5S2. The maximum atomic E-state index is 12.9. The number of piperidine rings is 1. The number of aliphatic hydroxyl groups excluding tert-OH is 1. The molecule has 2 aromatic rings. The van der Waals surface area contributed by atoms with E-state index in [0.717, 1.165) is 10.7 Å². The highest BCUT2D eigenvalue weighted by Gasteiger charge is 2.27. The number of aliphatic hydroxyl groups is 1. The first-order valence-corrected chi connectivity index (χ1v) is 12.5. The second kappa shape index (κ2) is 8.54. The molecule has 10 heteroatoms. The van der Waals surface area contributed by atoms with Crippen LogP contribution < -0.4 is 9.62 Å². The van der Waals surface area contributed by atoms with E-state index in [-0.39, 0.29) is 15.7 Å². The van der Waals surface area contributed by atoms with Gasteiger partial charge in [-0.05, 0) is 48.7 Å². The molecule has 2 atom stereocenters. The molecule has 3 rings (SSSR count). The lowest BCUT2D eigenvalue weighted by atomic mass is 9.95. The lowest BCUT2D eigenvalue weighted by molar-refractivity contribution is 0.103. The molecular weight excluding hydrogens is 426 g/mol. The first-order valence-electron chi connectivity index (χ1n) is 9.60. The van der Waals surface area contributed by atoms with E-state index in [1.165, 1.54) is 38.4 Å². The van der Waals surface area contributed by atoms with Crippen molar-refractivity contribution < 1.29 is 21.9 Å². The van der Waals surface area contributed by atoms with Crippen LogP contribution in [0, 0.1) is 5.92 Å². The summed E-state index contributed by atoms with van der Waals surface area (Å²) >= 11 is 0. The Kier molecular flexibility index (Phi) is 6.42. The molecule has 164 valence electrons. The number of β-amino-alcohol motifs (C(OH)–C–C–N with tert-alkyl or cyclic N) is 1. The number of para-hydroxylation sites is 2. The molecule has 1 fully saturated rings. The monoisotopic (exact) mass is 453 g/mol. The number of anilines is 2. The van der Waals surface area contributed by atoms with Crippen molar-refractivity contribution >= 4 is 31.4 Å². The summed E-state index contributed by atoms with van der Waals surface area (Å²) in [5, 5.41) is 10.2. The smallest absolute Gasteiger partial charge is 0.261 e. The number of rotatable bonds is 6. The Morgan fingerprint density at radius 3 is 2.20 bits per heavy atom. The van der Waals surface area contributed by atoms with Gasteiger partial charge in [-0.25, -0.2) is 21.1 Å². The quantitative estimate of drug-likeness (QED) is 0.692. The Morgan fingerprint density at radius 1 is 1.00 bits per heavy atom. The van der Waals surface area contributed by atoms with Crippen molar-refractivity contribution in [1.29, 1.82) is 0 Å². The average Bonchev–Trinajstić information content (AvgIpc) is 2.70. The fourth-order valence-electron chi connectivity index (χ4n) is 3.31. The van der Waals surface area contributed by atoms with Crippen molar-refractivity contribution in [1.82, 2.24) is 4.31 Å². The van der Waals surface area contributed by atoms with Crippen LogP contribution in [0.25, 0.3) is 0 Å². The van der Waals surface area contributed by atoms with Crippen LogP contribution in [0.3, 0.4) is 0 Å². The van der Waals surface area contributed by atoms with Gasteiger partial charge < -0.3 is 10.0 Å². The van der Waals surface area contributed by atoms with Gasteiger partial charge in [-0.3, -0.25) is 4.72 Å². The normalized spacial score (nSPS) is 20.4. The first kappa shape index (κ1) is 22.5. The summed E-state index contributed by atoms with van der Waals surface area (Å²) < 4.78 is 53.9. The summed E-state index contributed by atoms with van der Waals surface area (Å²) in [6.07, 6.45) is 0.332. The van der Waals surface area contributed by atoms with Crippen LogP contribution in [0.1, 0.15) is 13.3 Å². The van der Waals surface area contributed by atoms with E-state index in [9.17, 15) is 21.9 Å². The van der Waals surface area contributed by atoms with E-state index in [1.807, 2.05) is 24.0 Å². The standard InChI is InChI=1S/C20H27N3O5S2/c1-15-12-13-23(14-20(15)24)19-7-5-4-6-18(19)21-29(25,26)16-8-10-17(11-9-16)30(27,28)22(2)3/h4-11,15,20-21,24H,12-14H2,1-3H3/t15-,20-/m1/s1. The third-order valence-corrected chi connectivity index (χ3v) is 8.53. The zero-order valence-corrected chi connectivity index (χ0v) is 18.8. The minimum absolute atomic E-state index is 0.0169. The minimum Gasteiger partial charge on any atom is -0.391 e. The van der Waals surface area contributed by atoms with Gasteiger partial charge in [-0.15, -0.1) is 0 Å². The fraction of sp³-hybridized carbons (Fsp3) is 0.400. The number of nitrogens with zero attached hydrogens (tertiary/aromatic N) is 2. The zero-order valence-electron chi connectivity index (χ0n) is 17.2. The van der Waals surface area contributed by atoms with Crippen LogP contribution in [-0.4, -0.2) is 59.5 Å². The summed E-state index contributed by atoms with van der Waals surface area (Å²) in [6.45, 7) is 3.14. The summed E-state index contributed by atoms with van der Waals surface area (Å²) in [5.74, 6) is 0.196. The molecule has 0 aliphatic carbocycles. The lowest BCUT2D eigenvalue weighted by Gasteiger charge is -2.36. The second-order valence-corrected chi connectivity index (χ2v) is 11.5. The largest absolute Gasteiger partial charge is 0.391 e. The lowest BCUT2D eigenvalue weighted by Crippen LogP contribution is -2.43. The highest BCUT2D eigenvalue weighted by molar-refractivity contribution is 7.92. The van der Waals surface area contributed by atoms with Crippen molar-refractivity contribution in [3.05, 3.63) is 48.5 Å². The Labute approximate surface area is 178 Å². The first-order chi connectivity index (χ1) is 14.0. The van der Waals surface area contributed by atoms with Crippen molar-refractivity contribution in [2.24, 2.45) is 5.92 Å². The Balaban J connectivity index is 1.86. The van der Waals surface area contributed by atoms with E-state index in [0.29, 0.717) is 24.5 Å². The van der Waals surface area contributed by atoms with Gasteiger partial charge in [0.15, 0.2) is 0 Å². The summed E-state index contributed by atoms with van der Waals surface area (Å²) in [7, 11) is -4.74. The fourth-order valence-corrected chi connectivity index (χ4v) is 5.28. The van der Waals surface area contributed by atoms with Crippen LogP contribution in [-0.2, 0) is 20.0 Å². The van der Waals surface area contributed by atoms with Gasteiger partial charge in [0.05, 0.1) is 27.3 Å². The molecule has 0 unspecified atom stereocenters. The highest BCUT2D eigenvalue weighted by Crippen LogP contribution is 2.31. The van der Waals surface area contributed by atoms with Crippen LogP contribution in [0.2, 0.25) is 0 Å². The number of nitrogens with one attached hydrogen (secondary N) is 1. The van der Waals surface area contributed by atoms with E-state index in [4.69, 9.17) is 0 Å². The predicted molar refractivity (Wildman–Crippen MR) is 117 cm³/mol. The number of hydrogen-bond donors (Lipinski definition) is 2. The number of benzene rings is 2. The maximum absolute atomic E-state index is 12.9. The van der Waals surface area contributed by atoms with Crippen molar-refractivity contribution in [3.63, 3.8) is 0 Å². The molecule has 0 amide bonds. The Hall–Kier alpha value is -2.14. The highest BCUT2D eigenvalue weighted by atomic mass is 32.2. The molecule has 2 aromatic carbocycles. The van der Waals surface area contributed by atoms with Crippen molar-refractivity contribution in [3.8, 4) is 0 Å². The Morgan fingerprint density at radius 2 is 1.60 bits per heavy atom. The molecule has 1 heterocycles. The van der Waals surface area contributed by atoms with Gasteiger partial charge in [-0.1, -0.05) is 19.1 Å². The molecule has 30 heavy (non-hydrogen) atoms. The van der Waals surface area contributed by atoms with E-state index < -0.39 is 26.2 Å². The average molecular weight is 454 g/mol. The van der Waals surface area contributed by atoms with E-state index >= 15 is 0 Å². The van der Waals surface area contributed by atoms with Gasteiger partial charge in [0.25, 0.3) is 10.0 Å². The van der Waals surface area contributed by atoms with Crippen molar-refractivity contribution in [2.45, 2.75) is 29.2 Å². The minimum atomic E-state index is -3.93. The summed E-state index contributed by atoms with van der Waals surface area (Å²) in [5.41, 5.74) is 1.10. The molecule has 8 nitrogen and oxygen atoms in total. The molecule has 0 spiro atoms. The van der Waals surface area contributed by atoms with Gasteiger partial charge in [0, 0.05) is 27.2 Å². The third kappa shape index (κ3) is 4.61. The van der Waals surface area contributed by atoms with Crippen molar-refractivity contribution in [2.75, 3.05) is 36.8 Å².